The molecule has 1 fully saturated rings. The van der Waals surface area contributed by atoms with E-state index in [9.17, 15) is 18.0 Å². The highest BCUT2D eigenvalue weighted by Crippen LogP contribution is 2.30. The van der Waals surface area contributed by atoms with Crippen molar-refractivity contribution >= 4 is 18.3 Å². The summed E-state index contributed by atoms with van der Waals surface area (Å²) in [4.78, 5) is 14.1. The van der Waals surface area contributed by atoms with E-state index in [1.165, 1.54) is 13.2 Å². The van der Waals surface area contributed by atoms with Crippen LogP contribution in [0, 0.1) is 0 Å². The Hall–Kier alpha value is -1.67. The Labute approximate surface area is 157 Å². The van der Waals surface area contributed by atoms with Gasteiger partial charge in [0, 0.05) is 26.1 Å². The zero-order chi connectivity index (χ0) is 18.3. The maximum absolute atomic E-state index is 12.3. The van der Waals surface area contributed by atoms with E-state index in [1.54, 1.807) is 12.1 Å². The van der Waals surface area contributed by atoms with E-state index in [0.29, 0.717) is 19.4 Å². The summed E-state index contributed by atoms with van der Waals surface area (Å²) in [6, 6.07) is 4.72. The van der Waals surface area contributed by atoms with Gasteiger partial charge in [0.2, 0.25) is 5.91 Å². The van der Waals surface area contributed by atoms with Crippen LogP contribution in [0.1, 0.15) is 18.4 Å². The summed E-state index contributed by atoms with van der Waals surface area (Å²) >= 11 is 0. The molecule has 148 valence electrons. The van der Waals surface area contributed by atoms with Crippen LogP contribution >= 0.6 is 12.4 Å². The fourth-order valence-corrected chi connectivity index (χ4v) is 2.65. The molecule has 1 amide bonds. The number of halogens is 4. The summed E-state index contributed by atoms with van der Waals surface area (Å²) in [5.74, 6) is 0.349. The summed E-state index contributed by atoms with van der Waals surface area (Å²) in [6.45, 7) is 1.79. The molecule has 9 heteroatoms. The maximum atomic E-state index is 12.3. The van der Waals surface area contributed by atoms with Crippen molar-refractivity contribution in [2.75, 3.05) is 39.9 Å². The van der Waals surface area contributed by atoms with Crippen LogP contribution in [0.4, 0.5) is 13.2 Å². The van der Waals surface area contributed by atoms with Gasteiger partial charge in [0.05, 0.1) is 7.11 Å². The maximum Gasteiger partial charge on any atom is 0.422 e. The number of nitrogens with zero attached hydrogens (tertiary/aromatic N) is 1. The lowest BCUT2D eigenvalue weighted by Crippen LogP contribution is -2.34. The highest BCUT2D eigenvalue weighted by molar-refractivity contribution is 5.85. The molecule has 0 aromatic heterocycles. The van der Waals surface area contributed by atoms with Crippen molar-refractivity contribution in [1.82, 2.24) is 10.2 Å². The number of alkyl halides is 3. The molecule has 2 rings (SSSR count). The fraction of sp³-hybridized carbons (Fsp3) is 0.588. The number of aryl methyl sites for hydroxylation is 1. The lowest BCUT2D eigenvalue weighted by molar-refractivity contribution is -0.153. The summed E-state index contributed by atoms with van der Waals surface area (Å²) < 4.78 is 46.6. The largest absolute Gasteiger partial charge is 0.493 e. The minimum Gasteiger partial charge on any atom is -0.493 e. The molecule has 1 aromatic carbocycles. The molecule has 1 aliphatic heterocycles. The van der Waals surface area contributed by atoms with Crippen LogP contribution in [-0.4, -0.2) is 56.9 Å². The Balaban J connectivity index is 0.00000338. The van der Waals surface area contributed by atoms with Gasteiger partial charge in [-0.1, -0.05) is 6.07 Å². The van der Waals surface area contributed by atoms with Gasteiger partial charge in [-0.05, 0) is 37.1 Å². The van der Waals surface area contributed by atoms with E-state index >= 15 is 0 Å². The number of carbonyl (C=O) groups excluding carboxylic acids is 1. The van der Waals surface area contributed by atoms with E-state index in [0.717, 1.165) is 31.6 Å². The fourth-order valence-electron chi connectivity index (χ4n) is 2.65. The van der Waals surface area contributed by atoms with Crippen LogP contribution in [-0.2, 0) is 11.2 Å². The van der Waals surface area contributed by atoms with Gasteiger partial charge in [0.1, 0.15) is 0 Å². The Morgan fingerprint density at radius 2 is 2.00 bits per heavy atom. The number of benzene rings is 1. The van der Waals surface area contributed by atoms with Crippen molar-refractivity contribution in [3.05, 3.63) is 23.8 Å². The van der Waals surface area contributed by atoms with Crippen molar-refractivity contribution in [1.29, 1.82) is 0 Å². The molecule has 1 N–H and O–H groups in total. The number of carbonyl (C=O) groups is 1. The molecule has 0 atom stereocenters. The molecule has 1 aromatic rings. The molecule has 0 radical (unpaired) electrons. The average Bonchev–Trinajstić information content (AvgIpc) is 2.86. The Morgan fingerprint density at radius 3 is 2.69 bits per heavy atom. The third kappa shape index (κ3) is 7.29. The van der Waals surface area contributed by atoms with E-state index in [1.807, 2.05) is 4.90 Å². The number of methoxy groups -OCH3 is 1. The number of nitrogens with one attached hydrogen (secondary N) is 1. The number of amides is 1. The smallest absolute Gasteiger partial charge is 0.422 e. The van der Waals surface area contributed by atoms with Crippen molar-refractivity contribution in [3.8, 4) is 11.5 Å². The molecule has 1 aliphatic rings. The first-order chi connectivity index (χ1) is 11.9. The van der Waals surface area contributed by atoms with E-state index in [2.05, 4.69) is 5.32 Å². The van der Waals surface area contributed by atoms with Gasteiger partial charge in [0.15, 0.2) is 18.1 Å². The van der Waals surface area contributed by atoms with Crippen LogP contribution in [0.25, 0.3) is 0 Å². The molecule has 0 saturated carbocycles. The molecule has 1 heterocycles. The van der Waals surface area contributed by atoms with Gasteiger partial charge in [-0.2, -0.15) is 13.2 Å². The van der Waals surface area contributed by atoms with Gasteiger partial charge in [-0.15, -0.1) is 12.4 Å². The van der Waals surface area contributed by atoms with Gasteiger partial charge in [0.25, 0.3) is 0 Å². The summed E-state index contributed by atoms with van der Waals surface area (Å²) in [7, 11) is 1.37. The summed E-state index contributed by atoms with van der Waals surface area (Å²) in [5, 5.41) is 3.25. The molecule has 0 bridgehead atoms. The third-order valence-electron chi connectivity index (χ3n) is 3.94. The molecular weight excluding hydrogens is 373 g/mol. The molecule has 0 spiro atoms. The SMILES string of the molecule is COc1cc(CCC(=O)N2CCCNCC2)ccc1OCC(F)(F)F.Cl. The van der Waals surface area contributed by atoms with Crippen LogP contribution in [0.3, 0.4) is 0 Å². The molecule has 5 nitrogen and oxygen atoms in total. The highest BCUT2D eigenvalue weighted by atomic mass is 35.5. The number of ether oxygens (including phenoxy) is 2. The van der Waals surface area contributed by atoms with Crippen molar-refractivity contribution < 1.29 is 27.4 Å². The predicted molar refractivity (Wildman–Crippen MR) is 94.2 cm³/mol. The minimum absolute atomic E-state index is 0. The second-order valence-electron chi connectivity index (χ2n) is 5.87. The normalized spacial score (nSPS) is 15.0. The summed E-state index contributed by atoms with van der Waals surface area (Å²) in [5.41, 5.74) is 0.817. The van der Waals surface area contributed by atoms with Crippen LogP contribution in [0.15, 0.2) is 18.2 Å². The monoisotopic (exact) mass is 396 g/mol. The third-order valence-corrected chi connectivity index (χ3v) is 3.94. The Kier molecular flexibility index (Phi) is 9.01. The van der Waals surface area contributed by atoms with E-state index < -0.39 is 12.8 Å². The molecular formula is C17H24ClF3N2O3. The number of hydrogen-bond donors (Lipinski definition) is 1. The van der Waals surface area contributed by atoms with E-state index in [-0.39, 0.29) is 29.8 Å². The first-order valence-electron chi connectivity index (χ1n) is 8.24. The van der Waals surface area contributed by atoms with Crippen LogP contribution < -0.4 is 14.8 Å². The molecule has 26 heavy (non-hydrogen) atoms. The van der Waals surface area contributed by atoms with Crippen LogP contribution in [0.2, 0.25) is 0 Å². The van der Waals surface area contributed by atoms with Gasteiger partial charge >= 0.3 is 6.18 Å². The lowest BCUT2D eigenvalue weighted by atomic mass is 10.1. The van der Waals surface area contributed by atoms with Gasteiger partial charge in [-0.25, -0.2) is 0 Å². The average molecular weight is 397 g/mol. The topological polar surface area (TPSA) is 50.8 Å². The predicted octanol–water partition coefficient (Wildman–Crippen LogP) is 2.81. The quantitative estimate of drug-likeness (QED) is 0.803. The molecule has 0 aliphatic carbocycles. The zero-order valence-electron chi connectivity index (χ0n) is 14.6. The second-order valence-corrected chi connectivity index (χ2v) is 5.87. The Bertz CT molecular complexity index is 577. The second kappa shape index (κ2) is 10.5. The first-order valence-corrected chi connectivity index (χ1v) is 8.24. The first kappa shape index (κ1) is 22.4. The van der Waals surface area contributed by atoms with E-state index in [4.69, 9.17) is 9.47 Å². The zero-order valence-corrected chi connectivity index (χ0v) is 15.4. The number of rotatable bonds is 6. The Morgan fingerprint density at radius 1 is 1.23 bits per heavy atom. The minimum atomic E-state index is -4.40. The standard InChI is InChI=1S/C17H23F3N2O3.ClH/c1-24-15-11-13(3-5-14(15)25-12-17(18,19)20)4-6-16(23)22-9-2-7-21-8-10-22;/h3,5,11,21H,2,4,6-10,12H2,1H3;1H. The number of hydrogen-bond acceptors (Lipinski definition) is 4. The molecule has 0 unspecified atom stereocenters. The molecule has 1 saturated heterocycles. The van der Waals surface area contributed by atoms with Crippen molar-refractivity contribution in [2.45, 2.75) is 25.4 Å². The van der Waals surface area contributed by atoms with Gasteiger partial charge < -0.3 is 19.7 Å². The van der Waals surface area contributed by atoms with Crippen LogP contribution in [0.5, 0.6) is 11.5 Å². The highest BCUT2D eigenvalue weighted by Gasteiger charge is 2.29. The van der Waals surface area contributed by atoms with Crippen molar-refractivity contribution in [2.24, 2.45) is 0 Å². The lowest BCUT2D eigenvalue weighted by Gasteiger charge is -2.20. The summed E-state index contributed by atoms with van der Waals surface area (Å²) in [6.07, 6.45) is -2.62. The van der Waals surface area contributed by atoms with Gasteiger partial charge in [-0.3, -0.25) is 4.79 Å². The van der Waals surface area contributed by atoms with Crippen molar-refractivity contribution in [3.63, 3.8) is 0 Å².